The van der Waals surface area contributed by atoms with E-state index in [1.807, 2.05) is 0 Å². The second-order valence-corrected chi connectivity index (χ2v) is 4.09. The molecule has 0 unspecified atom stereocenters. The second kappa shape index (κ2) is 3.04. The van der Waals surface area contributed by atoms with Crippen molar-refractivity contribution in [2.24, 2.45) is 0 Å². The van der Waals surface area contributed by atoms with Gasteiger partial charge in [0.05, 0.1) is 0 Å². The van der Waals surface area contributed by atoms with Crippen LogP contribution in [-0.4, -0.2) is 18.2 Å². The number of hydrogen-bond donors (Lipinski definition) is 2. The van der Waals surface area contributed by atoms with Gasteiger partial charge in [-0.3, -0.25) is 0 Å². The standard InChI is InChI=1S/C9H9BrFNO/c10-6-2-1-3-7(11)8(6)9(13)4-12-5-9/h1-3,12-13H,4-5H2. The number of rotatable bonds is 1. The van der Waals surface area contributed by atoms with Crippen LogP contribution in [0.2, 0.25) is 0 Å². The molecule has 1 heterocycles. The highest BCUT2D eigenvalue weighted by Crippen LogP contribution is 2.33. The highest BCUT2D eigenvalue weighted by atomic mass is 79.9. The molecule has 70 valence electrons. The molecule has 1 aromatic rings. The largest absolute Gasteiger partial charge is 0.382 e. The average molecular weight is 246 g/mol. The fourth-order valence-electron chi connectivity index (χ4n) is 1.48. The van der Waals surface area contributed by atoms with Gasteiger partial charge in [-0.25, -0.2) is 4.39 Å². The Bertz CT molecular complexity index is 318. The molecule has 0 aliphatic carbocycles. The topological polar surface area (TPSA) is 32.3 Å². The molecule has 0 aromatic heterocycles. The van der Waals surface area contributed by atoms with Crippen LogP contribution in [0.25, 0.3) is 0 Å². The maximum absolute atomic E-state index is 13.3. The molecule has 0 radical (unpaired) electrons. The minimum Gasteiger partial charge on any atom is -0.382 e. The maximum atomic E-state index is 13.3. The van der Waals surface area contributed by atoms with E-state index in [9.17, 15) is 9.50 Å². The van der Waals surface area contributed by atoms with Gasteiger partial charge in [0.15, 0.2) is 0 Å². The quantitative estimate of drug-likeness (QED) is 0.784. The monoisotopic (exact) mass is 245 g/mol. The van der Waals surface area contributed by atoms with Gasteiger partial charge in [0.1, 0.15) is 11.4 Å². The molecule has 0 spiro atoms. The molecular formula is C9H9BrFNO. The summed E-state index contributed by atoms with van der Waals surface area (Å²) in [6.07, 6.45) is 0. The molecule has 2 nitrogen and oxygen atoms in total. The lowest BCUT2D eigenvalue weighted by atomic mass is 9.88. The van der Waals surface area contributed by atoms with Gasteiger partial charge in [-0.1, -0.05) is 22.0 Å². The lowest BCUT2D eigenvalue weighted by molar-refractivity contribution is -0.0183. The smallest absolute Gasteiger partial charge is 0.130 e. The Balaban J connectivity index is 2.49. The fraction of sp³-hybridized carbons (Fsp3) is 0.333. The van der Waals surface area contributed by atoms with Gasteiger partial charge in [0.25, 0.3) is 0 Å². The Morgan fingerprint density at radius 2 is 2.15 bits per heavy atom. The molecule has 4 heteroatoms. The lowest BCUT2D eigenvalue weighted by Gasteiger charge is -2.38. The predicted octanol–water partition coefficient (Wildman–Crippen LogP) is 1.38. The molecular weight excluding hydrogens is 237 g/mol. The van der Waals surface area contributed by atoms with E-state index in [0.29, 0.717) is 23.1 Å². The average Bonchev–Trinajstić information content (AvgIpc) is 2.01. The summed E-state index contributed by atoms with van der Waals surface area (Å²) in [5.74, 6) is -0.363. The van der Waals surface area contributed by atoms with Crippen LogP contribution in [0.4, 0.5) is 4.39 Å². The zero-order chi connectivity index (χ0) is 9.47. The number of benzene rings is 1. The van der Waals surface area contributed by atoms with Crippen molar-refractivity contribution < 1.29 is 9.50 Å². The lowest BCUT2D eigenvalue weighted by Crippen LogP contribution is -2.57. The fourth-order valence-corrected chi connectivity index (χ4v) is 2.19. The molecule has 1 aromatic carbocycles. The van der Waals surface area contributed by atoms with Gasteiger partial charge in [0, 0.05) is 23.1 Å². The van der Waals surface area contributed by atoms with Crippen molar-refractivity contribution in [3.05, 3.63) is 34.1 Å². The van der Waals surface area contributed by atoms with Crippen LogP contribution in [-0.2, 0) is 5.60 Å². The minimum absolute atomic E-state index is 0.355. The van der Waals surface area contributed by atoms with E-state index >= 15 is 0 Å². The van der Waals surface area contributed by atoms with Crippen molar-refractivity contribution in [1.29, 1.82) is 0 Å². The van der Waals surface area contributed by atoms with Gasteiger partial charge >= 0.3 is 0 Å². The van der Waals surface area contributed by atoms with E-state index in [1.165, 1.54) is 6.07 Å². The number of nitrogens with one attached hydrogen (secondary N) is 1. The first-order valence-electron chi connectivity index (χ1n) is 4.01. The zero-order valence-corrected chi connectivity index (χ0v) is 8.44. The molecule has 0 atom stereocenters. The van der Waals surface area contributed by atoms with Crippen molar-refractivity contribution in [2.45, 2.75) is 5.60 Å². The van der Waals surface area contributed by atoms with Crippen LogP contribution in [0.1, 0.15) is 5.56 Å². The van der Waals surface area contributed by atoms with Crippen LogP contribution in [0.15, 0.2) is 22.7 Å². The molecule has 1 aliphatic heterocycles. The van der Waals surface area contributed by atoms with Crippen LogP contribution in [0.3, 0.4) is 0 Å². The van der Waals surface area contributed by atoms with Gasteiger partial charge in [0.2, 0.25) is 0 Å². The second-order valence-electron chi connectivity index (χ2n) is 3.23. The molecule has 0 bridgehead atoms. The third-order valence-corrected chi connectivity index (χ3v) is 2.92. The van der Waals surface area contributed by atoms with Crippen molar-refractivity contribution in [3.8, 4) is 0 Å². The Labute approximate surface area is 83.9 Å². The number of β-amino-alcohol motifs (C(OH)–C–C–N with tert-alkyl or cyclic N) is 1. The van der Waals surface area contributed by atoms with E-state index < -0.39 is 5.60 Å². The van der Waals surface area contributed by atoms with E-state index in [-0.39, 0.29) is 5.82 Å². The Hall–Kier alpha value is -0.450. The van der Waals surface area contributed by atoms with Gasteiger partial charge in [-0.2, -0.15) is 0 Å². The third kappa shape index (κ3) is 1.39. The first-order valence-corrected chi connectivity index (χ1v) is 4.80. The first-order chi connectivity index (χ1) is 6.13. The minimum atomic E-state index is -1.04. The molecule has 0 saturated carbocycles. The molecule has 1 fully saturated rings. The van der Waals surface area contributed by atoms with Crippen LogP contribution in [0, 0.1) is 5.82 Å². The summed E-state index contributed by atoms with van der Waals surface area (Å²) in [6, 6.07) is 4.70. The summed E-state index contributed by atoms with van der Waals surface area (Å²) in [5.41, 5.74) is -0.682. The van der Waals surface area contributed by atoms with Gasteiger partial charge in [-0.05, 0) is 12.1 Å². The summed E-state index contributed by atoms with van der Waals surface area (Å²) >= 11 is 3.23. The van der Waals surface area contributed by atoms with Gasteiger partial charge in [-0.15, -0.1) is 0 Å². The number of aliphatic hydroxyl groups is 1. The Morgan fingerprint density at radius 1 is 1.46 bits per heavy atom. The zero-order valence-electron chi connectivity index (χ0n) is 6.85. The third-order valence-electron chi connectivity index (χ3n) is 2.26. The highest BCUT2D eigenvalue weighted by molar-refractivity contribution is 9.10. The summed E-state index contributed by atoms with van der Waals surface area (Å²) in [5, 5.41) is 12.8. The van der Waals surface area contributed by atoms with Crippen molar-refractivity contribution in [1.82, 2.24) is 5.32 Å². The number of halogens is 2. The SMILES string of the molecule is OC1(c2c(F)cccc2Br)CNC1. The summed E-state index contributed by atoms with van der Waals surface area (Å²) in [4.78, 5) is 0. The summed E-state index contributed by atoms with van der Waals surface area (Å²) in [6.45, 7) is 0.819. The maximum Gasteiger partial charge on any atom is 0.130 e. The van der Waals surface area contributed by atoms with Crippen molar-refractivity contribution >= 4 is 15.9 Å². The molecule has 0 amide bonds. The predicted molar refractivity (Wildman–Crippen MR) is 50.9 cm³/mol. The molecule has 2 rings (SSSR count). The van der Waals surface area contributed by atoms with Crippen LogP contribution < -0.4 is 5.32 Å². The van der Waals surface area contributed by atoms with E-state index in [1.54, 1.807) is 12.1 Å². The summed E-state index contributed by atoms with van der Waals surface area (Å²) < 4.78 is 14.0. The van der Waals surface area contributed by atoms with Crippen molar-refractivity contribution in [2.75, 3.05) is 13.1 Å². The highest BCUT2D eigenvalue weighted by Gasteiger charge is 2.39. The molecule has 1 aliphatic rings. The van der Waals surface area contributed by atoms with E-state index in [4.69, 9.17) is 0 Å². The molecule has 2 N–H and O–H groups in total. The molecule has 13 heavy (non-hydrogen) atoms. The summed E-state index contributed by atoms with van der Waals surface area (Å²) in [7, 11) is 0. The Kier molecular flexibility index (Phi) is 2.14. The van der Waals surface area contributed by atoms with E-state index in [2.05, 4.69) is 21.2 Å². The molecule has 1 saturated heterocycles. The Morgan fingerprint density at radius 3 is 2.62 bits per heavy atom. The van der Waals surface area contributed by atoms with E-state index in [0.717, 1.165) is 0 Å². The van der Waals surface area contributed by atoms with Crippen LogP contribution in [0.5, 0.6) is 0 Å². The number of hydrogen-bond acceptors (Lipinski definition) is 2. The van der Waals surface area contributed by atoms with Gasteiger partial charge < -0.3 is 10.4 Å². The van der Waals surface area contributed by atoms with Crippen LogP contribution >= 0.6 is 15.9 Å². The van der Waals surface area contributed by atoms with Crippen molar-refractivity contribution in [3.63, 3.8) is 0 Å². The normalized spacial score (nSPS) is 19.6. The first kappa shape index (κ1) is 9.12.